The average molecular weight is 620 g/mol. The van der Waals surface area contributed by atoms with E-state index in [9.17, 15) is 14.7 Å². The molecule has 1 aliphatic rings. The molecule has 1 aliphatic heterocycles. The van der Waals surface area contributed by atoms with Gasteiger partial charge in [0.2, 0.25) is 0 Å². The van der Waals surface area contributed by atoms with E-state index < -0.39 is 5.97 Å². The second-order valence-electron chi connectivity index (χ2n) is 9.20. The third-order valence-corrected chi connectivity index (χ3v) is 8.04. The Kier molecular flexibility index (Phi) is 9.17. The van der Waals surface area contributed by atoms with Gasteiger partial charge >= 0.3 is 5.97 Å². The molecule has 0 aromatic heterocycles. The van der Waals surface area contributed by atoms with Gasteiger partial charge < -0.3 is 14.6 Å². The maximum absolute atomic E-state index is 13.6. The van der Waals surface area contributed by atoms with Crippen LogP contribution in [-0.2, 0) is 17.9 Å². The Balaban J connectivity index is 1.35. The highest BCUT2D eigenvalue weighted by Gasteiger charge is 2.33. The minimum atomic E-state index is -1.01. The number of amides is 1. The maximum atomic E-state index is 13.6. The van der Waals surface area contributed by atoms with Gasteiger partial charge in [-0.3, -0.25) is 9.69 Å². The van der Waals surface area contributed by atoms with Crippen molar-refractivity contribution in [2.45, 2.75) is 13.2 Å². The lowest BCUT2D eigenvalue weighted by Gasteiger charge is -2.16. The van der Waals surface area contributed by atoms with Gasteiger partial charge in [-0.1, -0.05) is 53.5 Å². The minimum Gasteiger partial charge on any atom is -0.497 e. The third kappa shape index (κ3) is 7.15. The van der Waals surface area contributed by atoms with Crippen LogP contribution in [-0.4, -0.2) is 34.2 Å². The van der Waals surface area contributed by atoms with Crippen molar-refractivity contribution >= 4 is 63.8 Å². The number of methoxy groups -OCH3 is 1. The normalized spacial score (nSPS) is 14.9. The number of aromatic carboxylic acids is 1. The highest BCUT2D eigenvalue weighted by molar-refractivity contribution is 8.18. The lowest BCUT2D eigenvalue weighted by molar-refractivity contribution is -0.122. The minimum absolute atomic E-state index is 0.179. The quantitative estimate of drug-likeness (QED) is 0.191. The zero-order valence-electron chi connectivity index (χ0n) is 22.3. The van der Waals surface area contributed by atoms with Crippen LogP contribution in [0.5, 0.6) is 11.5 Å². The largest absolute Gasteiger partial charge is 0.497 e. The zero-order chi connectivity index (χ0) is 29.6. The molecule has 4 aromatic rings. The van der Waals surface area contributed by atoms with E-state index in [1.54, 1.807) is 48.4 Å². The Morgan fingerprint density at radius 1 is 0.905 bits per heavy atom. The van der Waals surface area contributed by atoms with Gasteiger partial charge in [0.15, 0.2) is 5.17 Å². The number of carbonyl (C=O) groups excluding carboxylic acids is 1. The summed E-state index contributed by atoms with van der Waals surface area (Å²) in [5.74, 6) is 0.165. The van der Waals surface area contributed by atoms with E-state index in [-0.39, 0.29) is 18.0 Å². The summed E-state index contributed by atoms with van der Waals surface area (Å²) < 4.78 is 11.1. The Bertz CT molecular complexity index is 1670. The van der Waals surface area contributed by atoms with Crippen LogP contribution in [0.4, 0.5) is 5.69 Å². The van der Waals surface area contributed by atoms with E-state index in [1.165, 1.54) is 23.9 Å². The Hall–Kier alpha value is -4.24. The maximum Gasteiger partial charge on any atom is 0.335 e. The smallest absolute Gasteiger partial charge is 0.335 e. The van der Waals surface area contributed by atoms with Gasteiger partial charge in [-0.15, -0.1) is 0 Å². The van der Waals surface area contributed by atoms with Crippen LogP contribution in [0.25, 0.3) is 6.08 Å². The van der Waals surface area contributed by atoms with E-state index in [4.69, 9.17) is 37.7 Å². The van der Waals surface area contributed by atoms with Gasteiger partial charge in [-0.05, 0) is 95.2 Å². The van der Waals surface area contributed by atoms with Crippen LogP contribution in [0.15, 0.2) is 101 Å². The molecule has 1 N–H and O–H groups in total. The fraction of sp³-hybridized carbons (Fsp3) is 0.0938. The summed E-state index contributed by atoms with van der Waals surface area (Å²) in [5, 5.41) is 10.7. The molecule has 1 saturated heterocycles. The molecular formula is C32H24Cl2N2O5S. The first-order chi connectivity index (χ1) is 20.3. The molecule has 7 nitrogen and oxygen atoms in total. The van der Waals surface area contributed by atoms with E-state index in [1.807, 2.05) is 48.5 Å². The predicted octanol–water partition coefficient (Wildman–Crippen LogP) is 8.08. The number of amidine groups is 1. The molecule has 212 valence electrons. The Labute approximate surface area is 257 Å². The molecule has 0 unspecified atom stereocenters. The summed E-state index contributed by atoms with van der Waals surface area (Å²) in [5.41, 5.74) is 3.34. The standard InChI is InChI=1S/C32H24Cl2N2O5S/c1-40-25-13-9-24(10-14-25)35-32-36(18-21-2-7-23(8-3-21)31(38)39)30(37)29(42-32)17-20-4-11-26(12-5-20)41-19-22-6-15-27(33)28(34)16-22/h2-17H,18-19H2,1H3,(H,38,39)/b29-17-,35-32?. The van der Waals surface area contributed by atoms with Crippen LogP contribution in [0.2, 0.25) is 10.0 Å². The second-order valence-corrected chi connectivity index (χ2v) is 11.0. The molecule has 5 rings (SSSR count). The van der Waals surface area contributed by atoms with Gasteiger partial charge in [0.05, 0.1) is 39.9 Å². The lowest BCUT2D eigenvalue weighted by Crippen LogP contribution is -2.28. The molecule has 0 aliphatic carbocycles. The molecule has 10 heteroatoms. The third-order valence-electron chi connectivity index (χ3n) is 6.29. The molecule has 4 aromatic carbocycles. The highest BCUT2D eigenvalue weighted by Crippen LogP contribution is 2.36. The van der Waals surface area contributed by atoms with Crippen molar-refractivity contribution in [2.24, 2.45) is 4.99 Å². The number of carboxylic acid groups (broad SMARTS) is 1. The zero-order valence-corrected chi connectivity index (χ0v) is 24.6. The van der Waals surface area contributed by atoms with Crippen molar-refractivity contribution in [1.29, 1.82) is 0 Å². The fourth-order valence-electron chi connectivity index (χ4n) is 4.04. The number of hydrogen-bond donors (Lipinski definition) is 1. The van der Waals surface area contributed by atoms with Gasteiger partial charge in [-0.25, -0.2) is 9.79 Å². The van der Waals surface area contributed by atoms with Crippen molar-refractivity contribution in [3.05, 3.63) is 128 Å². The van der Waals surface area contributed by atoms with Crippen molar-refractivity contribution in [3.63, 3.8) is 0 Å². The van der Waals surface area contributed by atoms with E-state index in [0.29, 0.717) is 43.9 Å². The number of aliphatic imine (C=N–C) groups is 1. The van der Waals surface area contributed by atoms with Crippen molar-refractivity contribution in [1.82, 2.24) is 4.90 Å². The Morgan fingerprint density at radius 3 is 2.21 bits per heavy atom. The molecule has 1 amide bonds. The number of halogens is 2. The first-order valence-corrected chi connectivity index (χ1v) is 14.3. The Morgan fingerprint density at radius 2 is 1.57 bits per heavy atom. The van der Waals surface area contributed by atoms with Crippen LogP contribution in [0, 0.1) is 0 Å². The van der Waals surface area contributed by atoms with Crippen LogP contribution >= 0.6 is 35.0 Å². The van der Waals surface area contributed by atoms with Crippen molar-refractivity contribution in [3.8, 4) is 11.5 Å². The van der Waals surface area contributed by atoms with Gasteiger partial charge in [0.1, 0.15) is 18.1 Å². The molecule has 0 saturated carbocycles. The number of benzene rings is 4. The molecule has 0 atom stereocenters. The second kappa shape index (κ2) is 13.2. The molecule has 42 heavy (non-hydrogen) atoms. The van der Waals surface area contributed by atoms with Crippen molar-refractivity contribution < 1.29 is 24.2 Å². The van der Waals surface area contributed by atoms with E-state index >= 15 is 0 Å². The SMILES string of the molecule is COc1ccc(N=C2S/C(=C\c3ccc(OCc4ccc(Cl)c(Cl)c4)cc3)C(=O)N2Cc2ccc(C(=O)O)cc2)cc1. The first kappa shape index (κ1) is 29.3. The molecule has 0 spiro atoms. The first-order valence-electron chi connectivity index (χ1n) is 12.7. The fourth-order valence-corrected chi connectivity index (χ4v) is 5.36. The number of carbonyl (C=O) groups is 2. The van der Waals surface area contributed by atoms with Gasteiger partial charge in [0.25, 0.3) is 5.91 Å². The van der Waals surface area contributed by atoms with Gasteiger partial charge in [0, 0.05) is 0 Å². The van der Waals surface area contributed by atoms with E-state index in [0.717, 1.165) is 16.7 Å². The van der Waals surface area contributed by atoms with Crippen LogP contribution in [0.1, 0.15) is 27.0 Å². The number of ether oxygens (including phenoxy) is 2. The van der Waals surface area contributed by atoms with Gasteiger partial charge in [-0.2, -0.15) is 0 Å². The molecule has 0 bridgehead atoms. The summed E-state index contributed by atoms with van der Waals surface area (Å²) in [6.07, 6.45) is 1.81. The summed E-state index contributed by atoms with van der Waals surface area (Å²) in [7, 11) is 1.59. The monoisotopic (exact) mass is 618 g/mol. The van der Waals surface area contributed by atoms with Crippen LogP contribution in [0.3, 0.4) is 0 Å². The summed E-state index contributed by atoms with van der Waals surface area (Å²) in [6.45, 7) is 0.568. The number of thioether (sulfide) groups is 1. The predicted molar refractivity (Wildman–Crippen MR) is 167 cm³/mol. The number of carboxylic acids is 1. The van der Waals surface area contributed by atoms with E-state index in [2.05, 4.69) is 0 Å². The molecule has 1 fully saturated rings. The topological polar surface area (TPSA) is 88.4 Å². The molecule has 1 heterocycles. The summed E-state index contributed by atoms with van der Waals surface area (Å²) in [6, 6.07) is 26.4. The number of nitrogens with zero attached hydrogens (tertiary/aromatic N) is 2. The summed E-state index contributed by atoms with van der Waals surface area (Å²) in [4.78, 5) is 31.6. The average Bonchev–Trinajstić information content (AvgIpc) is 3.28. The summed E-state index contributed by atoms with van der Waals surface area (Å²) >= 11 is 13.3. The van der Waals surface area contributed by atoms with Crippen LogP contribution < -0.4 is 9.47 Å². The number of hydrogen-bond acceptors (Lipinski definition) is 6. The molecular weight excluding hydrogens is 595 g/mol. The lowest BCUT2D eigenvalue weighted by atomic mass is 10.1. The highest BCUT2D eigenvalue weighted by atomic mass is 35.5. The van der Waals surface area contributed by atoms with Crippen molar-refractivity contribution in [2.75, 3.05) is 7.11 Å². The number of rotatable bonds is 9. The molecule has 0 radical (unpaired) electrons.